The molecular weight excluding hydrogens is 352 g/mol. The summed E-state index contributed by atoms with van der Waals surface area (Å²) >= 11 is 0. The van der Waals surface area contributed by atoms with Gasteiger partial charge in [0.1, 0.15) is 5.75 Å². The van der Waals surface area contributed by atoms with E-state index in [4.69, 9.17) is 4.74 Å². The first-order valence-corrected chi connectivity index (χ1v) is 9.76. The Hall–Kier alpha value is -2.82. The molecule has 28 heavy (non-hydrogen) atoms. The molecule has 0 atom stereocenters. The summed E-state index contributed by atoms with van der Waals surface area (Å²) in [5, 5.41) is 2.90. The number of fused-ring (bicyclic) bond motifs is 1. The third-order valence-corrected chi connectivity index (χ3v) is 4.81. The lowest BCUT2D eigenvalue weighted by atomic mass is 9.99. The number of ether oxygens (including phenoxy) is 1. The van der Waals surface area contributed by atoms with Crippen LogP contribution >= 0.6 is 0 Å². The third kappa shape index (κ3) is 4.71. The maximum atomic E-state index is 12.3. The molecule has 0 radical (unpaired) electrons. The molecule has 0 unspecified atom stereocenters. The summed E-state index contributed by atoms with van der Waals surface area (Å²) in [7, 11) is 0. The first kappa shape index (κ1) is 19.9. The van der Waals surface area contributed by atoms with Crippen LogP contribution in [0, 0.1) is 19.8 Å². The zero-order valence-corrected chi connectivity index (χ0v) is 17.0. The van der Waals surface area contributed by atoms with Gasteiger partial charge in [0.25, 0.3) is 5.91 Å². The van der Waals surface area contributed by atoms with Crippen LogP contribution in [-0.2, 0) is 16.0 Å². The summed E-state index contributed by atoms with van der Waals surface area (Å²) in [5.41, 5.74) is 4.87. The number of hydrogen-bond donors (Lipinski definition) is 1. The number of amides is 2. The van der Waals surface area contributed by atoms with Crippen LogP contribution in [0.25, 0.3) is 0 Å². The van der Waals surface area contributed by atoms with Crippen LogP contribution in [0.15, 0.2) is 36.4 Å². The molecule has 0 saturated heterocycles. The van der Waals surface area contributed by atoms with Crippen LogP contribution in [0.3, 0.4) is 0 Å². The number of nitrogens with zero attached hydrogens (tertiary/aromatic N) is 1. The van der Waals surface area contributed by atoms with E-state index in [9.17, 15) is 9.59 Å². The van der Waals surface area contributed by atoms with E-state index in [0.29, 0.717) is 25.3 Å². The fourth-order valence-corrected chi connectivity index (χ4v) is 3.41. The molecule has 1 N–H and O–H groups in total. The van der Waals surface area contributed by atoms with Crippen LogP contribution in [0.5, 0.6) is 5.75 Å². The Bertz CT molecular complexity index is 889. The number of benzene rings is 2. The van der Waals surface area contributed by atoms with Crippen LogP contribution < -0.4 is 15.0 Å². The van der Waals surface area contributed by atoms with Crippen molar-refractivity contribution in [1.82, 2.24) is 0 Å². The normalized spacial score (nSPS) is 13.5. The van der Waals surface area contributed by atoms with Gasteiger partial charge in [-0.3, -0.25) is 9.59 Å². The minimum absolute atomic E-state index is 0.0423. The minimum atomic E-state index is -0.202. The van der Waals surface area contributed by atoms with Gasteiger partial charge < -0.3 is 15.0 Å². The number of carbonyl (C=O) groups excluding carboxylic acids is 2. The molecule has 0 aromatic heterocycles. The van der Waals surface area contributed by atoms with Gasteiger partial charge in [-0.2, -0.15) is 0 Å². The molecule has 2 aromatic carbocycles. The second-order valence-corrected chi connectivity index (χ2v) is 7.85. The molecular formula is C23H28N2O3. The van der Waals surface area contributed by atoms with Gasteiger partial charge in [0, 0.05) is 24.3 Å². The van der Waals surface area contributed by atoms with Crippen LogP contribution in [0.1, 0.15) is 37.0 Å². The van der Waals surface area contributed by atoms with Crippen molar-refractivity contribution in [3.05, 3.63) is 53.1 Å². The SMILES string of the molecule is Cc1ccc(C)c(OCC(=O)Nc2ccc3c(c2)CCC(=O)N3CC(C)C)c1. The van der Waals surface area contributed by atoms with Crippen molar-refractivity contribution < 1.29 is 14.3 Å². The van der Waals surface area contributed by atoms with Crippen LogP contribution in [-0.4, -0.2) is 25.0 Å². The second kappa shape index (κ2) is 8.46. The quantitative estimate of drug-likeness (QED) is 0.815. The number of anilines is 2. The van der Waals surface area contributed by atoms with E-state index in [1.807, 2.05) is 55.1 Å². The molecule has 1 aliphatic rings. The first-order valence-electron chi connectivity index (χ1n) is 9.76. The third-order valence-electron chi connectivity index (χ3n) is 4.81. The van der Waals surface area contributed by atoms with Crippen molar-refractivity contribution in [1.29, 1.82) is 0 Å². The average molecular weight is 380 g/mol. The fraction of sp³-hybridized carbons (Fsp3) is 0.391. The largest absolute Gasteiger partial charge is 0.483 e. The van der Waals surface area contributed by atoms with Gasteiger partial charge in [-0.05, 0) is 67.1 Å². The van der Waals surface area contributed by atoms with Gasteiger partial charge >= 0.3 is 0 Å². The average Bonchev–Trinajstić information content (AvgIpc) is 2.64. The van der Waals surface area contributed by atoms with E-state index in [2.05, 4.69) is 19.2 Å². The Morgan fingerprint density at radius 2 is 1.93 bits per heavy atom. The molecule has 2 aromatic rings. The van der Waals surface area contributed by atoms with Gasteiger partial charge in [0.15, 0.2) is 6.61 Å². The summed E-state index contributed by atoms with van der Waals surface area (Å²) in [6, 6.07) is 11.7. The second-order valence-electron chi connectivity index (χ2n) is 7.85. The molecule has 1 aliphatic heterocycles. The molecule has 3 rings (SSSR count). The first-order chi connectivity index (χ1) is 13.3. The van der Waals surface area contributed by atoms with Crippen LogP contribution in [0.2, 0.25) is 0 Å². The number of carbonyl (C=O) groups is 2. The van der Waals surface area contributed by atoms with Crippen molar-refractivity contribution in [2.24, 2.45) is 5.92 Å². The highest BCUT2D eigenvalue weighted by molar-refractivity contribution is 5.97. The van der Waals surface area contributed by atoms with Gasteiger partial charge in [-0.15, -0.1) is 0 Å². The van der Waals surface area contributed by atoms with Crippen molar-refractivity contribution in [3.8, 4) is 5.75 Å². The lowest BCUT2D eigenvalue weighted by molar-refractivity contribution is -0.119. The Morgan fingerprint density at radius 1 is 1.14 bits per heavy atom. The minimum Gasteiger partial charge on any atom is -0.483 e. The van der Waals surface area contributed by atoms with E-state index in [0.717, 1.165) is 33.8 Å². The highest BCUT2D eigenvalue weighted by Gasteiger charge is 2.24. The molecule has 0 spiro atoms. The van der Waals surface area contributed by atoms with Crippen molar-refractivity contribution in [3.63, 3.8) is 0 Å². The van der Waals surface area contributed by atoms with Gasteiger partial charge in [0.2, 0.25) is 5.91 Å². The molecule has 2 amide bonds. The monoisotopic (exact) mass is 380 g/mol. The van der Waals surface area contributed by atoms with E-state index in [1.54, 1.807) is 0 Å². The lowest BCUT2D eigenvalue weighted by Crippen LogP contribution is -2.37. The summed E-state index contributed by atoms with van der Waals surface area (Å²) in [5.74, 6) is 1.09. The van der Waals surface area contributed by atoms with Gasteiger partial charge in [-0.25, -0.2) is 0 Å². The van der Waals surface area contributed by atoms with Gasteiger partial charge in [0.05, 0.1) is 0 Å². The van der Waals surface area contributed by atoms with E-state index in [-0.39, 0.29) is 18.4 Å². The molecule has 0 fully saturated rings. The molecule has 5 nitrogen and oxygen atoms in total. The predicted molar refractivity (Wildman–Crippen MR) is 112 cm³/mol. The number of rotatable bonds is 6. The topological polar surface area (TPSA) is 58.6 Å². The highest BCUT2D eigenvalue weighted by Crippen LogP contribution is 2.31. The molecule has 0 saturated carbocycles. The predicted octanol–water partition coefficient (Wildman–Crippen LogP) is 4.26. The van der Waals surface area contributed by atoms with Crippen LogP contribution in [0.4, 0.5) is 11.4 Å². The highest BCUT2D eigenvalue weighted by atomic mass is 16.5. The summed E-state index contributed by atoms with van der Waals surface area (Å²) in [4.78, 5) is 26.4. The van der Waals surface area contributed by atoms with Crippen molar-refractivity contribution >= 4 is 23.2 Å². The number of nitrogens with one attached hydrogen (secondary N) is 1. The molecule has 148 valence electrons. The number of hydrogen-bond acceptors (Lipinski definition) is 3. The summed E-state index contributed by atoms with van der Waals surface area (Å²) in [6.07, 6.45) is 1.21. The Morgan fingerprint density at radius 3 is 2.68 bits per heavy atom. The standard InChI is InChI=1S/C23H28N2O3/c1-15(2)13-25-20-9-8-19(12-18(20)7-10-23(25)27)24-22(26)14-28-21-11-16(3)5-6-17(21)4/h5-6,8-9,11-12,15H,7,10,13-14H2,1-4H3,(H,24,26). The van der Waals surface area contributed by atoms with E-state index in [1.165, 1.54) is 0 Å². The Kier molecular flexibility index (Phi) is 6.02. The van der Waals surface area contributed by atoms with E-state index >= 15 is 0 Å². The molecule has 5 heteroatoms. The molecule has 0 aliphatic carbocycles. The van der Waals surface area contributed by atoms with E-state index < -0.39 is 0 Å². The Labute approximate surface area is 166 Å². The number of aryl methyl sites for hydroxylation is 3. The van der Waals surface area contributed by atoms with Gasteiger partial charge in [-0.1, -0.05) is 26.0 Å². The lowest BCUT2D eigenvalue weighted by Gasteiger charge is -2.31. The zero-order valence-electron chi connectivity index (χ0n) is 17.0. The Balaban J connectivity index is 1.66. The smallest absolute Gasteiger partial charge is 0.262 e. The zero-order chi connectivity index (χ0) is 20.3. The molecule has 0 bridgehead atoms. The van der Waals surface area contributed by atoms with Crippen molar-refractivity contribution in [2.75, 3.05) is 23.4 Å². The summed E-state index contributed by atoms with van der Waals surface area (Å²) in [6.45, 7) is 8.83. The molecule has 1 heterocycles. The van der Waals surface area contributed by atoms with Crippen molar-refractivity contribution in [2.45, 2.75) is 40.5 Å². The maximum Gasteiger partial charge on any atom is 0.262 e. The summed E-state index contributed by atoms with van der Waals surface area (Å²) < 4.78 is 5.67. The fourth-order valence-electron chi connectivity index (χ4n) is 3.41. The maximum absolute atomic E-state index is 12.3.